The number of nitrogens with one attached hydrogen (secondary N) is 1. The molecule has 0 aromatic heterocycles. The van der Waals surface area contributed by atoms with Gasteiger partial charge in [-0.3, -0.25) is 0 Å². The molecule has 1 N–H and O–H groups in total. The summed E-state index contributed by atoms with van der Waals surface area (Å²) in [4.78, 5) is 0. The van der Waals surface area contributed by atoms with E-state index in [4.69, 9.17) is 0 Å². The highest BCUT2D eigenvalue weighted by Gasteiger charge is 1.93. The van der Waals surface area contributed by atoms with Crippen molar-refractivity contribution in [3.8, 4) is 0 Å². The first-order valence-electron chi connectivity index (χ1n) is 5.12. The first-order chi connectivity index (χ1) is 5.77. The Balaban J connectivity index is 2.82. The fourth-order valence-electron chi connectivity index (χ4n) is 1.28. The molecule has 0 rings (SSSR count). The topological polar surface area (TPSA) is 35.1 Å². The molecule has 0 radical (unpaired) electrons. The van der Waals surface area contributed by atoms with Gasteiger partial charge in [-0.1, -0.05) is 46.0 Å². The molecule has 0 aliphatic heterocycles. The van der Waals surface area contributed by atoms with Gasteiger partial charge in [-0.05, 0) is 18.9 Å². The highest BCUT2D eigenvalue weighted by atomic mass is 16.5. The standard InChI is InChI=1S/C10H22NO/c1-10(2)8-6-4-3-5-7-9-11-12/h10-11H,3-9H2,1-2H3/q-1. The fourth-order valence-corrected chi connectivity index (χ4v) is 1.28. The summed E-state index contributed by atoms with van der Waals surface area (Å²) in [6.45, 7) is 5.16. The van der Waals surface area contributed by atoms with Crippen molar-refractivity contribution in [3.05, 3.63) is 5.21 Å². The third-order valence-corrected chi connectivity index (χ3v) is 2.06. The summed E-state index contributed by atoms with van der Waals surface area (Å²) in [5, 5.41) is 9.86. The van der Waals surface area contributed by atoms with Crippen LogP contribution in [0.25, 0.3) is 0 Å². The minimum Gasteiger partial charge on any atom is -0.788 e. The van der Waals surface area contributed by atoms with Gasteiger partial charge in [-0.15, -0.1) is 0 Å². The van der Waals surface area contributed by atoms with Gasteiger partial charge in [0.1, 0.15) is 0 Å². The Morgan fingerprint density at radius 2 is 1.58 bits per heavy atom. The lowest BCUT2D eigenvalue weighted by molar-refractivity contribution is 0.514. The van der Waals surface area contributed by atoms with E-state index in [-0.39, 0.29) is 0 Å². The molecule has 0 aliphatic rings. The summed E-state index contributed by atoms with van der Waals surface area (Å²) in [6.07, 6.45) is 7.55. The van der Waals surface area contributed by atoms with E-state index in [1.807, 2.05) is 5.48 Å². The van der Waals surface area contributed by atoms with Crippen molar-refractivity contribution in [2.24, 2.45) is 5.92 Å². The Morgan fingerprint density at radius 3 is 2.17 bits per heavy atom. The summed E-state index contributed by atoms with van der Waals surface area (Å²) in [7, 11) is 0. The van der Waals surface area contributed by atoms with Crippen molar-refractivity contribution < 1.29 is 0 Å². The number of rotatable bonds is 8. The van der Waals surface area contributed by atoms with E-state index < -0.39 is 0 Å². The first-order valence-corrected chi connectivity index (χ1v) is 5.12. The second-order valence-corrected chi connectivity index (χ2v) is 3.84. The number of unbranched alkanes of at least 4 members (excludes halogenated alkanes) is 4. The third kappa shape index (κ3) is 9.92. The largest absolute Gasteiger partial charge is 0.788 e. The maximum Gasteiger partial charge on any atom is -0.0170 e. The Labute approximate surface area is 76.3 Å². The molecule has 0 bridgehead atoms. The van der Waals surface area contributed by atoms with Crippen LogP contribution in [0.2, 0.25) is 0 Å². The van der Waals surface area contributed by atoms with Crippen LogP contribution in [0.15, 0.2) is 0 Å². The van der Waals surface area contributed by atoms with Crippen LogP contribution < -0.4 is 5.48 Å². The van der Waals surface area contributed by atoms with E-state index in [9.17, 15) is 5.21 Å². The van der Waals surface area contributed by atoms with Gasteiger partial charge in [0.05, 0.1) is 0 Å². The summed E-state index contributed by atoms with van der Waals surface area (Å²) < 4.78 is 0. The van der Waals surface area contributed by atoms with Crippen LogP contribution >= 0.6 is 0 Å². The number of hydrogen-bond donors (Lipinski definition) is 1. The number of hydrogen-bond acceptors (Lipinski definition) is 2. The molecule has 2 heteroatoms. The Kier molecular flexibility index (Phi) is 8.95. The lowest BCUT2D eigenvalue weighted by Gasteiger charge is -2.06. The average Bonchev–Trinajstić information content (AvgIpc) is 2.02. The van der Waals surface area contributed by atoms with Gasteiger partial charge < -0.3 is 10.7 Å². The fraction of sp³-hybridized carbons (Fsp3) is 1.00. The smallest absolute Gasteiger partial charge is 0.0170 e. The van der Waals surface area contributed by atoms with Crippen LogP contribution in [0.1, 0.15) is 52.4 Å². The van der Waals surface area contributed by atoms with E-state index in [2.05, 4.69) is 13.8 Å². The van der Waals surface area contributed by atoms with E-state index in [0.717, 1.165) is 12.3 Å². The van der Waals surface area contributed by atoms with Crippen molar-refractivity contribution in [1.29, 1.82) is 0 Å². The van der Waals surface area contributed by atoms with Gasteiger partial charge in [0.15, 0.2) is 0 Å². The lowest BCUT2D eigenvalue weighted by Crippen LogP contribution is -2.04. The minimum atomic E-state index is 0.629. The van der Waals surface area contributed by atoms with Crippen LogP contribution in [0.5, 0.6) is 0 Å². The van der Waals surface area contributed by atoms with Crippen LogP contribution in [-0.2, 0) is 0 Å². The van der Waals surface area contributed by atoms with E-state index in [1.165, 1.54) is 32.1 Å². The lowest BCUT2D eigenvalue weighted by atomic mass is 10.0. The van der Waals surface area contributed by atoms with Gasteiger partial charge in [0, 0.05) is 0 Å². The molecule has 0 aliphatic carbocycles. The molecule has 12 heavy (non-hydrogen) atoms. The van der Waals surface area contributed by atoms with E-state index >= 15 is 0 Å². The Bertz CT molecular complexity index is 83.9. The second kappa shape index (κ2) is 9.01. The van der Waals surface area contributed by atoms with Gasteiger partial charge in [0.25, 0.3) is 0 Å². The zero-order valence-electron chi connectivity index (χ0n) is 8.44. The van der Waals surface area contributed by atoms with E-state index in [0.29, 0.717) is 6.54 Å². The molecule has 0 heterocycles. The van der Waals surface area contributed by atoms with Crippen LogP contribution in [-0.4, -0.2) is 6.54 Å². The molecule has 0 fully saturated rings. The molecule has 0 saturated carbocycles. The second-order valence-electron chi connectivity index (χ2n) is 3.84. The van der Waals surface area contributed by atoms with Crippen molar-refractivity contribution in [1.82, 2.24) is 5.48 Å². The Morgan fingerprint density at radius 1 is 1.00 bits per heavy atom. The summed E-state index contributed by atoms with van der Waals surface area (Å²) in [5.74, 6) is 0.841. The first kappa shape index (κ1) is 11.9. The molecule has 2 nitrogen and oxygen atoms in total. The Hall–Kier alpha value is -0.0800. The summed E-state index contributed by atoms with van der Waals surface area (Å²) in [5.41, 5.74) is 1.93. The zero-order chi connectivity index (χ0) is 9.23. The van der Waals surface area contributed by atoms with Crippen LogP contribution in [0.3, 0.4) is 0 Å². The SMILES string of the molecule is CC(C)CCCCCCCN[O-]. The van der Waals surface area contributed by atoms with Gasteiger partial charge in [-0.2, -0.15) is 0 Å². The van der Waals surface area contributed by atoms with Crippen molar-refractivity contribution in [3.63, 3.8) is 0 Å². The molecule has 0 unspecified atom stereocenters. The van der Waals surface area contributed by atoms with Crippen LogP contribution in [0, 0.1) is 11.1 Å². The predicted octanol–water partition coefficient (Wildman–Crippen LogP) is 3.07. The summed E-state index contributed by atoms with van der Waals surface area (Å²) >= 11 is 0. The highest BCUT2D eigenvalue weighted by Crippen LogP contribution is 2.09. The van der Waals surface area contributed by atoms with Crippen molar-refractivity contribution >= 4 is 0 Å². The van der Waals surface area contributed by atoms with Gasteiger partial charge in [0.2, 0.25) is 0 Å². The third-order valence-electron chi connectivity index (χ3n) is 2.06. The van der Waals surface area contributed by atoms with Crippen molar-refractivity contribution in [2.45, 2.75) is 52.4 Å². The molecule has 0 saturated heterocycles. The van der Waals surface area contributed by atoms with Gasteiger partial charge in [-0.25, -0.2) is 0 Å². The molecular formula is C10H22NO-. The van der Waals surface area contributed by atoms with Gasteiger partial charge >= 0.3 is 0 Å². The maximum absolute atomic E-state index is 9.86. The molecule has 0 amide bonds. The zero-order valence-corrected chi connectivity index (χ0v) is 8.44. The molecule has 0 atom stereocenters. The maximum atomic E-state index is 9.86. The predicted molar refractivity (Wildman–Crippen MR) is 53.9 cm³/mol. The number of hydroxylamine groups is 1. The molecule has 0 aromatic carbocycles. The van der Waals surface area contributed by atoms with E-state index in [1.54, 1.807) is 0 Å². The molecule has 0 spiro atoms. The summed E-state index contributed by atoms with van der Waals surface area (Å²) in [6, 6.07) is 0. The van der Waals surface area contributed by atoms with Crippen molar-refractivity contribution in [2.75, 3.05) is 6.54 Å². The van der Waals surface area contributed by atoms with Crippen LogP contribution in [0.4, 0.5) is 0 Å². The average molecular weight is 172 g/mol. The molecular weight excluding hydrogens is 150 g/mol. The minimum absolute atomic E-state index is 0.629. The normalized spacial score (nSPS) is 11.0. The highest BCUT2D eigenvalue weighted by molar-refractivity contribution is 4.50. The monoisotopic (exact) mass is 172 g/mol. The quantitative estimate of drug-likeness (QED) is 0.451. The molecule has 0 aromatic rings. The molecule has 74 valence electrons.